The second kappa shape index (κ2) is 3.59. The van der Waals surface area contributed by atoms with Crippen molar-refractivity contribution in [2.75, 3.05) is 0 Å². The molecule has 0 saturated carbocycles. The number of carbonyl (C=O) groups excluding carboxylic acids is 1. The van der Waals surface area contributed by atoms with Gasteiger partial charge in [-0.1, -0.05) is 12.1 Å². The molecule has 0 aliphatic carbocycles. The van der Waals surface area contributed by atoms with Gasteiger partial charge in [0.25, 0.3) is 0 Å². The lowest BCUT2D eigenvalue weighted by atomic mass is 10.2. The molecular formula is C10H6O3S. The molecule has 0 aliphatic rings. The van der Waals surface area contributed by atoms with Crippen molar-refractivity contribution in [2.45, 2.75) is 0 Å². The number of rotatable bonds is 2. The Bertz CT molecular complexity index is 496. The first-order chi connectivity index (χ1) is 6.77. The van der Waals surface area contributed by atoms with Gasteiger partial charge in [0, 0.05) is 6.07 Å². The number of ketones is 1. The maximum atomic E-state index is 11.6. The number of hydrogen-bond acceptors (Lipinski definition) is 4. The Balaban J connectivity index is 2.42. The van der Waals surface area contributed by atoms with E-state index >= 15 is 0 Å². The molecule has 2 heterocycles. The molecule has 3 nitrogen and oxygen atoms in total. The average Bonchev–Trinajstić information content (AvgIpc) is 2.69. The fraction of sp³-hybridized carbons (Fsp3) is 0. The van der Waals surface area contributed by atoms with E-state index in [1.54, 1.807) is 17.5 Å². The third-order valence-corrected chi connectivity index (χ3v) is 2.53. The summed E-state index contributed by atoms with van der Waals surface area (Å²) in [7, 11) is 0. The van der Waals surface area contributed by atoms with Gasteiger partial charge in [0.1, 0.15) is 0 Å². The predicted octanol–water partition coefficient (Wildman–Crippen LogP) is 1.93. The Labute approximate surface area is 83.6 Å². The van der Waals surface area contributed by atoms with Crippen LogP contribution >= 0.6 is 11.3 Å². The molecule has 2 aromatic heterocycles. The summed E-state index contributed by atoms with van der Waals surface area (Å²) in [4.78, 5) is 23.1. The molecular weight excluding hydrogens is 200 g/mol. The minimum atomic E-state index is -0.507. The predicted molar refractivity (Wildman–Crippen MR) is 52.7 cm³/mol. The maximum Gasteiger partial charge on any atom is 0.336 e. The second-order valence-corrected chi connectivity index (χ2v) is 3.57. The van der Waals surface area contributed by atoms with Gasteiger partial charge in [0.15, 0.2) is 5.76 Å². The quantitative estimate of drug-likeness (QED) is 0.705. The molecule has 0 aromatic carbocycles. The molecule has 0 N–H and O–H groups in total. The van der Waals surface area contributed by atoms with Gasteiger partial charge in [-0.2, -0.15) is 0 Å². The molecule has 0 unspecified atom stereocenters. The van der Waals surface area contributed by atoms with Gasteiger partial charge in [-0.05, 0) is 17.5 Å². The lowest BCUT2D eigenvalue weighted by molar-refractivity contribution is 0.101. The molecule has 0 atom stereocenters. The summed E-state index contributed by atoms with van der Waals surface area (Å²) in [6, 6.07) is 7.74. The van der Waals surface area contributed by atoms with Crippen LogP contribution in [0.25, 0.3) is 0 Å². The Hall–Kier alpha value is -1.68. The van der Waals surface area contributed by atoms with Crippen molar-refractivity contribution in [1.29, 1.82) is 0 Å². The highest BCUT2D eigenvalue weighted by Gasteiger charge is 2.12. The normalized spacial score (nSPS) is 10.0. The summed E-state index contributed by atoms with van der Waals surface area (Å²) in [5.74, 6) is -0.169. The van der Waals surface area contributed by atoms with E-state index in [0.717, 1.165) is 0 Å². The second-order valence-electron chi connectivity index (χ2n) is 2.62. The van der Waals surface area contributed by atoms with E-state index in [-0.39, 0.29) is 11.5 Å². The number of hydrogen-bond donors (Lipinski definition) is 0. The van der Waals surface area contributed by atoms with Crippen LogP contribution in [-0.4, -0.2) is 5.78 Å². The molecule has 2 rings (SSSR count). The third-order valence-electron chi connectivity index (χ3n) is 1.66. The zero-order valence-electron chi connectivity index (χ0n) is 7.10. The topological polar surface area (TPSA) is 47.3 Å². The van der Waals surface area contributed by atoms with Gasteiger partial charge in [-0.15, -0.1) is 11.3 Å². The van der Waals surface area contributed by atoms with Crippen molar-refractivity contribution >= 4 is 17.1 Å². The van der Waals surface area contributed by atoms with Gasteiger partial charge in [0.2, 0.25) is 5.78 Å². The zero-order chi connectivity index (χ0) is 9.97. The van der Waals surface area contributed by atoms with E-state index in [2.05, 4.69) is 0 Å². The Morgan fingerprint density at radius 1 is 1.21 bits per heavy atom. The van der Waals surface area contributed by atoms with E-state index in [1.165, 1.54) is 29.5 Å². The molecule has 0 saturated heterocycles. The van der Waals surface area contributed by atoms with Crippen LogP contribution in [0.4, 0.5) is 0 Å². The van der Waals surface area contributed by atoms with E-state index in [4.69, 9.17) is 4.42 Å². The fourth-order valence-electron chi connectivity index (χ4n) is 1.04. The van der Waals surface area contributed by atoms with Crippen molar-refractivity contribution in [3.8, 4) is 0 Å². The molecule has 0 fully saturated rings. The lowest BCUT2D eigenvalue weighted by Crippen LogP contribution is -2.04. The minimum Gasteiger partial charge on any atom is -0.419 e. The van der Waals surface area contributed by atoms with Crippen LogP contribution in [0, 0.1) is 0 Å². The Morgan fingerprint density at radius 3 is 2.71 bits per heavy atom. The molecule has 70 valence electrons. The van der Waals surface area contributed by atoms with Crippen molar-refractivity contribution in [3.05, 3.63) is 56.8 Å². The van der Waals surface area contributed by atoms with Crippen LogP contribution < -0.4 is 5.63 Å². The van der Waals surface area contributed by atoms with E-state index < -0.39 is 5.63 Å². The van der Waals surface area contributed by atoms with Crippen molar-refractivity contribution in [3.63, 3.8) is 0 Å². The standard InChI is InChI=1S/C10H6O3S/c11-9-5-1-3-7(13-9)10(12)8-4-2-6-14-8/h1-6H. The van der Waals surface area contributed by atoms with Gasteiger partial charge in [-0.3, -0.25) is 4.79 Å². The van der Waals surface area contributed by atoms with Crippen LogP contribution in [0.15, 0.2) is 44.9 Å². The monoisotopic (exact) mass is 206 g/mol. The van der Waals surface area contributed by atoms with Crippen LogP contribution in [0.1, 0.15) is 15.4 Å². The molecule has 2 aromatic rings. The first-order valence-electron chi connectivity index (χ1n) is 3.96. The first kappa shape index (κ1) is 8.90. The van der Waals surface area contributed by atoms with Gasteiger partial charge >= 0.3 is 5.63 Å². The average molecular weight is 206 g/mol. The first-order valence-corrected chi connectivity index (χ1v) is 4.84. The van der Waals surface area contributed by atoms with Crippen molar-refractivity contribution in [2.24, 2.45) is 0 Å². The third kappa shape index (κ3) is 1.65. The molecule has 0 aliphatic heterocycles. The van der Waals surface area contributed by atoms with Crippen LogP contribution in [-0.2, 0) is 0 Å². The minimum absolute atomic E-state index is 0.0833. The highest BCUT2D eigenvalue weighted by atomic mass is 32.1. The highest BCUT2D eigenvalue weighted by molar-refractivity contribution is 7.12. The van der Waals surface area contributed by atoms with Gasteiger partial charge in [-0.25, -0.2) is 4.79 Å². The van der Waals surface area contributed by atoms with Crippen LogP contribution in [0.3, 0.4) is 0 Å². The molecule has 0 spiro atoms. The number of thiophene rings is 1. The smallest absolute Gasteiger partial charge is 0.336 e. The molecule has 0 bridgehead atoms. The molecule has 14 heavy (non-hydrogen) atoms. The maximum absolute atomic E-state index is 11.6. The zero-order valence-corrected chi connectivity index (χ0v) is 7.91. The van der Waals surface area contributed by atoms with Crippen LogP contribution in [0.2, 0.25) is 0 Å². The van der Waals surface area contributed by atoms with E-state index in [0.29, 0.717) is 4.88 Å². The van der Waals surface area contributed by atoms with Gasteiger partial charge < -0.3 is 4.42 Å². The highest BCUT2D eigenvalue weighted by Crippen LogP contribution is 2.13. The van der Waals surface area contributed by atoms with Gasteiger partial charge in [0.05, 0.1) is 4.88 Å². The fourth-order valence-corrected chi connectivity index (χ4v) is 1.71. The summed E-state index contributed by atoms with van der Waals surface area (Å²) < 4.78 is 4.76. The molecule has 0 radical (unpaired) electrons. The SMILES string of the molecule is O=C(c1cccc(=O)o1)c1cccs1. The van der Waals surface area contributed by atoms with Crippen molar-refractivity contribution in [1.82, 2.24) is 0 Å². The largest absolute Gasteiger partial charge is 0.419 e. The van der Waals surface area contributed by atoms with Crippen LogP contribution in [0.5, 0.6) is 0 Å². The summed E-state index contributed by atoms with van der Waals surface area (Å²) >= 11 is 1.32. The van der Waals surface area contributed by atoms with E-state index in [1.807, 2.05) is 0 Å². The Kier molecular flexibility index (Phi) is 2.28. The summed E-state index contributed by atoms with van der Waals surface area (Å²) in [6.45, 7) is 0. The van der Waals surface area contributed by atoms with E-state index in [9.17, 15) is 9.59 Å². The van der Waals surface area contributed by atoms with Crippen molar-refractivity contribution < 1.29 is 9.21 Å². The number of carbonyl (C=O) groups is 1. The molecule has 0 amide bonds. The summed E-state index contributed by atoms with van der Waals surface area (Å²) in [5, 5.41) is 1.80. The summed E-state index contributed by atoms with van der Waals surface area (Å²) in [5.41, 5.74) is -0.507. The Morgan fingerprint density at radius 2 is 2.07 bits per heavy atom. The summed E-state index contributed by atoms with van der Waals surface area (Å²) in [6.07, 6.45) is 0. The lowest BCUT2D eigenvalue weighted by Gasteiger charge is -1.94. The molecule has 4 heteroatoms.